The lowest BCUT2D eigenvalue weighted by Gasteiger charge is -2.52. The van der Waals surface area contributed by atoms with E-state index in [2.05, 4.69) is 17.9 Å². The third-order valence-electron chi connectivity index (χ3n) is 10.1. The third-order valence-corrected chi connectivity index (χ3v) is 10.1. The summed E-state index contributed by atoms with van der Waals surface area (Å²) in [5, 5.41) is 0. The van der Waals surface area contributed by atoms with Crippen LogP contribution < -0.4 is 5.56 Å². The zero-order chi connectivity index (χ0) is 21.7. The van der Waals surface area contributed by atoms with E-state index in [0.717, 1.165) is 52.0 Å². The number of epoxide rings is 1. The average Bonchev–Trinajstić information content (AvgIpc) is 3.46. The van der Waals surface area contributed by atoms with E-state index in [-0.39, 0.29) is 34.6 Å². The molecule has 0 amide bonds. The Morgan fingerprint density at radius 2 is 2.00 bits per heavy atom. The molecule has 2 bridgehead atoms. The van der Waals surface area contributed by atoms with E-state index in [1.165, 1.54) is 25.0 Å². The molecule has 0 N–H and O–H groups in total. The van der Waals surface area contributed by atoms with Crippen molar-refractivity contribution in [3.63, 3.8) is 0 Å². The smallest absolute Gasteiger partial charge is 0.310 e. The summed E-state index contributed by atoms with van der Waals surface area (Å²) in [7, 11) is 0. The zero-order valence-electron chi connectivity index (χ0n) is 19.0. The highest BCUT2D eigenvalue weighted by molar-refractivity contribution is 5.75. The van der Waals surface area contributed by atoms with Gasteiger partial charge in [0.25, 0.3) is 5.56 Å². The Morgan fingerprint density at radius 3 is 2.84 bits per heavy atom. The molecule has 8 atom stereocenters. The summed E-state index contributed by atoms with van der Waals surface area (Å²) in [5.41, 5.74) is 1.66. The van der Waals surface area contributed by atoms with Crippen LogP contribution in [0.4, 0.5) is 0 Å². The van der Waals surface area contributed by atoms with E-state index in [9.17, 15) is 9.59 Å². The molecule has 5 fully saturated rings. The van der Waals surface area contributed by atoms with Crippen LogP contribution >= 0.6 is 0 Å². The van der Waals surface area contributed by atoms with Gasteiger partial charge in [-0.05, 0) is 61.8 Å². The minimum Gasteiger partial charge on any atom is -0.462 e. The second-order valence-corrected chi connectivity index (χ2v) is 12.0. The van der Waals surface area contributed by atoms with Gasteiger partial charge in [0.1, 0.15) is 6.10 Å². The number of esters is 1. The van der Waals surface area contributed by atoms with Crippen molar-refractivity contribution in [2.45, 2.75) is 69.6 Å². The maximum atomic E-state index is 13.1. The molecule has 3 saturated heterocycles. The predicted molar refractivity (Wildman–Crippen MR) is 118 cm³/mol. The van der Waals surface area contributed by atoms with Crippen molar-refractivity contribution < 1.29 is 14.3 Å². The molecule has 1 spiro atoms. The number of hydrogen-bond acceptors (Lipinski definition) is 5. The SMILES string of the molecule is CC12CCCC3(CO3)C1CC1C(C2)OC(=O)C1CN1CC2CC(C1)c1cccc(=O)n1C2. The maximum Gasteiger partial charge on any atom is 0.310 e. The van der Waals surface area contributed by atoms with Crippen LogP contribution in [0.15, 0.2) is 23.0 Å². The number of nitrogens with zero attached hydrogens (tertiary/aromatic N) is 2. The first-order valence-electron chi connectivity index (χ1n) is 12.7. The van der Waals surface area contributed by atoms with E-state index in [4.69, 9.17) is 9.47 Å². The number of likely N-dealkylation sites (tertiary alicyclic amines) is 1. The Balaban J connectivity index is 1.11. The van der Waals surface area contributed by atoms with Gasteiger partial charge in [0, 0.05) is 49.8 Å². The van der Waals surface area contributed by atoms with Crippen LogP contribution in [0.3, 0.4) is 0 Å². The minimum absolute atomic E-state index is 0.0148. The van der Waals surface area contributed by atoms with Crippen LogP contribution in [-0.2, 0) is 20.8 Å². The fraction of sp³-hybridized carbons (Fsp3) is 0.769. The highest BCUT2D eigenvalue weighted by Crippen LogP contribution is 2.62. The van der Waals surface area contributed by atoms with Crippen molar-refractivity contribution in [1.82, 2.24) is 9.47 Å². The van der Waals surface area contributed by atoms with Crippen LogP contribution in [0.25, 0.3) is 0 Å². The molecule has 172 valence electrons. The largest absolute Gasteiger partial charge is 0.462 e. The minimum atomic E-state index is -0.0148. The van der Waals surface area contributed by atoms with Gasteiger partial charge in [0.2, 0.25) is 0 Å². The van der Waals surface area contributed by atoms with Crippen molar-refractivity contribution in [2.75, 3.05) is 26.2 Å². The average molecular weight is 439 g/mol. The van der Waals surface area contributed by atoms with E-state index in [1.54, 1.807) is 6.07 Å². The summed E-state index contributed by atoms with van der Waals surface area (Å²) in [4.78, 5) is 27.9. The van der Waals surface area contributed by atoms with Gasteiger partial charge in [0.15, 0.2) is 0 Å². The first kappa shape index (κ1) is 19.8. The lowest BCUT2D eigenvalue weighted by atomic mass is 9.53. The van der Waals surface area contributed by atoms with E-state index in [1.807, 2.05) is 10.6 Å². The molecule has 1 aromatic rings. The number of carbonyl (C=O) groups excluding carboxylic acids is 1. The quantitative estimate of drug-likeness (QED) is 0.525. The fourth-order valence-electron chi connectivity index (χ4n) is 8.59. The summed E-state index contributed by atoms with van der Waals surface area (Å²) < 4.78 is 14.1. The lowest BCUT2D eigenvalue weighted by Crippen LogP contribution is -2.52. The lowest BCUT2D eigenvalue weighted by molar-refractivity contribution is -0.147. The molecule has 5 heterocycles. The number of carbonyl (C=O) groups is 1. The number of pyridine rings is 1. The highest BCUT2D eigenvalue weighted by atomic mass is 16.6. The Labute approximate surface area is 189 Å². The van der Waals surface area contributed by atoms with Gasteiger partial charge in [-0.2, -0.15) is 0 Å². The zero-order valence-corrected chi connectivity index (χ0v) is 19.0. The molecule has 2 saturated carbocycles. The second kappa shape index (κ2) is 6.69. The molecule has 1 aromatic heterocycles. The molecule has 6 heteroatoms. The molecule has 6 nitrogen and oxygen atoms in total. The van der Waals surface area contributed by atoms with Crippen LogP contribution in [-0.4, -0.2) is 53.4 Å². The second-order valence-electron chi connectivity index (χ2n) is 12.0. The van der Waals surface area contributed by atoms with Crippen LogP contribution in [0.1, 0.15) is 57.1 Å². The Bertz CT molecular complexity index is 1020. The molecule has 0 radical (unpaired) electrons. The van der Waals surface area contributed by atoms with Gasteiger partial charge in [-0.15, -0.1) is 0 Å². The predicted octanol–water partition coefficient (Wildman–Crippen LogP) is 2.79. The monoisotopic (exact) mass is 438 g/mol. The molecule has 0 aromatic carbocycles. The number of fused-ring (bicyclic) bond motifs is 7. The summed E-state index contributed by atoms with van der Waals surface area (Å²) in [5.74, 6) is 1.80. The molecule has 7 rings (SSSR count). The topological polar surface area (TPSA) is 64.1 Å². The van der Waals surface area contributed by atoms with Crippen LogP contribution in [0.2, 0.25) is 0 Å². The van der Waals surface area contributed by atoms with Gasteiger partial charge in [-0.25, -0.2) is 0 Å². The number of aromatic nitrogens is 1. The Kier molecular flexibility index (Phi) is 4.14. The normalized spacial score (nSPS) is 46.8. The maximum absolute atomic E-state index is 13.1. The first-order valence-corrected chi connectivity index (χ1v) is 12.7. The fourth-order valence-corrected chi connectivity index (χ4v) is 8.59. The number of piperidine rings is 1. The van der Waals surface area contributed by atoms with Crippen molar-refractivity contribution in [3.05, 3.63) is 34.2 Å². The van der Waals surface area contributed by atoms with Crippen molar-refractivity contribution >= 4 is 5.97 Å². The number of ether oxygens (including phenoxy) is 2. The summed E-state index contributed by atoms with van der Waals surface area (Å²) in [6, 6.07) is 5.69. The Morgan fingerprint density at radius 1 is 1.12 bits per heavy atom. The summed E-state index contributed by atoms with van der Waals surface area (Å²) in [6.45, 7) is 6.87. The molecular weight excluding hydrogens is 404 g/mol. The molecule has 6 aliphatic rings. The van der Waals surface area contributed by atoms with E-state index in [0.29, 0.717) is 23.7 Å². The van der Waals surface area contributed by atoms with Crippen molar-refractivity contribution in [3.8, 4) is 0 Å². The van der Waals surface area contributed by atoms with Crippen LogP contribution in [0, 0.1) is 29.1 Å². The highest BCUT2D eigenvalue weighted by Gasteiger charge is 2.65. The van der Waals surface area contributed by atoms with Gasteiger partial charge >= 0.3 is 5.97 Å². The first-order chi connectivity index (χ1) is 15.4. The van der Waals surface area contributed by atoms with E-state index >= 15 is 0 Å². The van der Waals surface area contributed by atoms with E-state index < -0.39 is 0 Å². The molecule has 4 aliphatic heterocycles. The molecule has 2 aliphatic carbocycles. The van der Waals surface area contributed by atoms with Crippen molar-refractivity contribution in [1.29, 1.82) is 0 Å². The van der Waals surface area contributed by atoms with Gasteiger partial charge in [-0.3, -0.25) is 9.59 Å². The molecule has 8 unspecified atom stereocenters. The van der Waals surface area contributed by atoms with Crippen molar-refractivity contribution in [2.24, 2.45) is 29.1 Å². The van der Waals surface area contributed by atoms with Gasteiger partial charge < -0.3 is 18.9 Å². The molecule has 32 heavy (non-hydrogen) atoms. The summed E-state index contributed by atoms with van der Waals surface area (Å²) >= 11 is 0. The van der Waals surface area contributed by atoms with Gasteiger partial charge in [0.05, 0.1) is 18.1 Å². The third kappa shape index (κ3) is 2.84. The number of rotatable bonds is 2. The summed E-state index contributed by atoms with van der Waals surface area (Å²) in [6.07, 6.45) is 7.00. The van der Waals surface area contributed by atoms with Crippen LogP contribution in [0.5, 0.6) is 0 Å². The van der Waals surface area contributed by atoms with Gasteiger partial charge in [-0.1, -0.05) is 13.0 Å². The number of hydrogen-bond donors (Lipinski definition) is 0. The Hall–Kier alpha value is -1.66. The molecular formula is C26H34N2O4. The standard InChI is InChI=1S/C26H34N2O4/c1-25-6-3-7-26(15-31-26)22(25)9-18-19(24(30)32-21(18)10-25)14-27-11-16-8-17(13-27)20-4-2-5-23(29)28(20)12-16/h2,4-5,16-19,21-22H,3,6-15H2,1H3.